The molecular formula is C14H16ClN3. The first kappa shape index (κ1) is 12.7. The molecule has 18 heavy (non-hydrogen) atoms. The number of hydrogen-bond acceptors (Lipinski definition) is 1. The predicted octanol–water partition coefficient (Wildman–Crippen LogP) is 3.32. The van der Waals surface area contributed by atoms with Crippen LogP contribution in [0.5, 0.6) is 0 Å². The maximum atomic E-state index is 5.60. The van der Waals surface area contributed by atoms with E-state index in [0.29, 0.717) is 5.84 Å². The van der Waals surface area contributed by atoms with Crippen molar-refractivity contribution in [2.75, 3.05) is 5.88 Å². The highest BCUT2D eigenvalue weighted by atomic mass is 35.5. The maximum absolute atomic E-state index is 5.60. The number of halogens is 1. The number of nitrogens with zero attached hydrogens (tertiary/aromatic N) is 2. The molecule has 94 valence electrons. The third-order valence-corrected chi connectivity index (χ3v) is 3.06. The fourth-order valence-electron chi connectivity index (χ4n) is 1.95. The van der Waals surface area contributed by atoms with Crippen LogP contribution < -0.4 is 5.73 Å². The van der Waals surface area contributed by atoms with Gasteiger partial charge in [0.1, 0.15) is 5.84 Å². The summed E-state index contributed by atoms with van der Waals surface area (Å²) < 4.78 is 2.19. The Kier molecular flexibility index (Phi) is 3.72. The molecule has 4 heteroatoms. The summed E-state index contributed by atoms with van der Waals surface area (Å²) in [5, 5.41) is 0. The van der Waals surface area contributed by atoms with Crippen molar-refractivity contribution in [1.82, 2.24) is 4.57 Å². The van der Waals surface area contributed by atoms with Gasteiger partial charge in [0, 0.05) is 17.1 Å². The van der Waals surface area contributed by atoms with Crippen LogP contribution in [0.2, 0.25) is 0 Å². The van der Waals surface area contributed by atoms with Gasteiger partial charge in [0.25, 0.3) is 0 Å². The minimum Gasteiger partial charge on any atom is -0.386 e. The van der Waals surface area contributed by atoms with Crippen LogP contribution in [0.1, 0.15) is 11.4 Å². The molecule has 2 N–H and O–H groups in total. The van der Waals surface area contributed by atoms with Crippen molar-refractivity contribution < 1.29 is 0 Å². The number of benzene rings is 1. The molecule has 0 bridgehead atoms. The lowest BCUT2D eigenvalue weighted by atomic mass is 10.2. The lowest BCUT2D eigenvalue weighted by Crippen LogP contribution is -2.12. The van der Waals surface area contributed by atoms with E-state index in [2.05, 4.69) is 35.5 Å². The molecule has 0 saturated heterocycles. The molecule has 0 fully saturated rings. The summed E-state index contributed by atoms with van der Waals surface area (Å²) in [7, 11) is 0. The summed E-state index contributed by atoms with van der Waals surface area (Å²) in [6.45, 7) is 4.18. The van der Waals surface area contributed by atoms with Crippen LogP contribution in [0.4, 0.5) is 5.69 Å². The Balaban J connectivity index is 2.34. The van der Waals surface area contributed by atoms with Crippen molar-refractivity contribution in [2.24, 2.45) is 10.7 Å². The van der Waals surface area contributed by atoms with Gasteiger partial charge < -0.3 is 10.3 Å². The van der Waals surface area contributed by atoms with Crippen molar-refractivity contribution in [1.29, 1.82) is 0 Å². The van der Waals surface area contributed by atoms with Gasteiger partial charge in [-0.2, -0.15) is 0 Å². The van der Waals surface area contributed by atoms with Crippen LogP contribution in [0.3, 0.4) is 0 Å². The van der Waals surface area contributed by atoms with E-state index in [1.807, 2.05) is 24.3 Å². The van der Waals surface area contributed by atoms with Crippen molar-refractivity contribution in [3.8, 4) is 5.69 Å². The number of aryl methyl sites for hydroxylation is 2. The number of aromatic nitrogens is 1. The van der Waals surface area contributed by atoms with E-state index in [1.165, 1.54) is 11.4 Å². The van der Waals surface area contributed by atoms with E-state index in [-0.39, 0.29) is 5.88 Å². The van der Waals surface area contributed by atoms with E-state index in [0.717, 1.165) is 11.4 Å². The van der Waals surface area contributed by atoms with Gasteiger partial charge in [0.15, 0.2) is 0 Å². The smallest absolute Gasteiger partial charge is 0.115 e. The van der Waals surface area contributed by atoms with Crippen molar-refractivity contribution in [3.63, 3.8) is 0 Å². The van der Waals surface area contributed by atoms with Gasteiger partial charge in [0.05, 0.1) is 11.6 Å². The Morgan fingerprint density at radius 3 is 2.17 bits per heavy atom. The Labute approximate surface area is 112 Å². The van der Waals surface area contributed by atoms with Gasteiger partial charge in [0.2, 0.25) is 0 Å². The maximum Gasteiger partial charge on any atom is 0.115 e. The molecule has 0 atom stereocenters. The summed E-state index contributed by atoms with van der Waals surface area (Å²) in [6.07, 6.45) is 0. The van der Waals surface area contributed by atoms with Gasteiger partial charge >= 0.3 is 0 Å². The highest BCUT2D eigenvalue weighted by Gasteiger charge is 2.03. The lowest BCUT2D eigenvalue weighted by Gasteiger charge is -2.09. The molecular weight excluding hydrogens is 246 g/mol. The molecule has 0 saturated carbocycles. The molecule has 0 aliphatic carbocycles. The first-order chi connectivity index (χ1) is 8.61. The summed E-state index contributed by atoms with van der Waals surface area (Å²) in [5.74, 6) is 0.676. The zero-order chi connectivity index (χ0) is 13.1. The van der Waals surface area contributed by atoms with Crippen molar-refractivity contribution in [2.45, 2.75) is 13.8 Å². The molecule has 0 aliphatic heterocycles. The predicted molar refractivity (Wildman–Crippen MR) is 77.2 cm³/mol. The molecule has 0 unspecified atom stereocenters. The molecule has 0 spiro atoms. The van der Waals surface area contributed by atoms with E-state index in [4.69, 9.17) is 17.3 Å². The minimum atomic E-state index is 0.248. The first-order valence-electron chi connectivity index (χ1n) is 5.76. The van der Waals surface area contributed by atoms with Gasteiger partial charge in [-0.05, 0) is 50.2 Å². The van der Waals surface area contributed by atoms with E-state index < -0.39 is 0 Å². The SMILES string of the molecule is Cc1ccc(C)n1-c1ccc(N=C(N)CCl)cc1. The summed E-state index contributed by atoms with van der Waals surface area (Å²) in [5.41, 5.74) is 9.97. The summed E-state index contributed by atoms with van der Waals surface area (Å²) >= 11 is 5.60. The molecule has 1 aromatic heterocycles. The summed E-state index contributed by atoms with van der Waals surface area (Å²) in [4.78, 5) is 4.20. The van der Waals surface area contributed by atoms with Crippen LogP contribution >= 0.6 is 11.6 Å². The van der Waals surface area contributed by atoms with Gasteiger partial charge in [-0.1, -0.05) is 0 Å². The quantitative estimate of drug-likeness (QED) is 0.514. The van der Waals surface area contributed by atoms with Crippen LogP contribution in [0.15, 0.2) is 41.4 Å². The van der Waals surface area contributed by atoms with Crippen LogP contribution in [0.25, 0.3) is 5.69 Å². The van der Waals surface area contributed by atoms with Gasteiger partial charge in [-0.3, -0.25) is 0 Å². The number of rotatable bonds is 3. The average molecular weight is 262 g/mol. The van der Waals surface area contributed by atoms with Crippen molar-refractivity contribution >= 4 is 23.1 Å². The van der Waals surface area contributed by atoms with Crippen LogP contribution in [0, 0.1) is 13.8 Å². The van der Waals surface area contributed by atoms with Crippen LogP contribution in [-0.4, -0.2) is 16.3 Å². The van der Waals surface area contributed by atoms with Gasteiger partial charge in [-0.25, -0.2) is 4.99 Å². The fraction of sp³-hybridized carbons (Fsp3) is 0.214. The molecule has 1 aromatic carbocycles. The number of nitrogens with two attached hydrogens (primary N) is 1. The Morgan fingerprint density at radius 2 is 1.67 bits per heavy atom. The molecule has 0 radical (unpaired) electrons. The third-order valence-electron chi connectivity index (χ3n) is 2.79. The highest BCUT2D eigenvalue weighted by molar-refractivity contribution is 6.28. The molecule has 0 amide bonds. The third kappa shape index (κ3) is 2.57. The Hall–Kier alpha value is -1.74. The zero-order valence-electron chi connectivity index (χ0n) is 10.5. The molecule has 2 rings (SSSR count). The number of alkyl halides is 1. The minimum absolute atomic E-state index is 0.248. The van der Waals surface area contributed by atoms with Gasteiger partial charge in [-0.15, -0.1) is 11.6 Å². The zero-order valence-corrected chi connectivity index (χ0v) is 11.3. The standard InChI is InChI=1S/C14H16ClN3/c1-10-3-4-11(2)18(10)13-7-5-12(6-8-13)17-14(16)9-15/h3-8H,9H2,1-2H3,(H2,16,17). The largest absolute Gasteiger partial charge is 0.386 e. The fourth-order valence-corrected chi connectivity index (χ4v) is 2.01. The number of aliphatic imine (C=N–C) groups is 1. The Morgan fingerprint density at radius 1 is 1.11 bits per heavy atom. The van der Waals surface area contributed by atoms with E-state index >= 15 is 0 Å². The molecule has 3 nitrogen and oxygen atoms in total. The second-order valence-electron chi connectivity index (χ2n) is 4.20. The monoisotopic (exact) mass is 261 g/mol. The van der Waals surface area contributed by atoms with Crippen LogP contribution in [-0.2, 0) is 0 Å². The topological polar surface area (TPSA) is 43.3 Å². The number of amidine groups is 1. The Bertz CT molecular complexity index is 548. The lowest BCUT2D eigenvalue weighted by molar-refractivity contribution is 0.966. The van der Waals surface area contributed by atoms with E-state index in [9.17, 15) is 0 Å². The number of hydrogen-bond donors (Lipinski definition) is 1. The second-order valence-corrected chi connectivity index (χ2v) is 4.47. The van der Waals surface area contributed by atoms with Crippen molar-refractivity contribution in [3.05, 3.63) is 47.8 Å². The molecule has 1 heterocycles. The summed E-state index contributed by atoms with van der Waals surface area (Å²) in [6, 6.07) is 12.1. The molecule has 0 aliphatic rings. The normalized spacial score (nSPS) is 11.8. The second kappa shape index (κ2) is 5.27. The average Bonchev–Trinajstić information content (AvgIpc) is 2.70. The van der Waals surface area contributed by atoms with E-state index in [1.54, 1.807) is 0 Å². The first-order valence-corrected chi connectivity index (χ1v) is 6.29. The molecule has 2 aromatic rings. The highest BCUT2D eigenvalue weighted by Crippen LogP contribution is 2.19.